The molecule has 0 radical (unpaired) electrons. The molecule has 3 N–H and O–H groups in total. The smallest absolute Gasteiger partial charge is 0.242 e. The van der Waals surface area contributed by atoms with Gasteiger partial charge in [0.05, 0.1) is 12.2 Å². The van der Waals surface area contributed by atoms with E-state index < -0.39 is 6.04 Å². The largest absolute Gasteiger partial charge is 0.320 e. The van der Waals surface area contributed by atoms with E-state index in [4.69, 9.17) is 5.73 Å². The molecule has 0 saturated carbocycles. The van der Waals surface area contributed by atoms with Gasteiger partial charge in [-0.05, 0) is 50.3 Å². The van der Waals surface area contributed by atoms with Gasteiger partial charge in [-0.1, -0.05) is 0 Å². The molecule has 1 aromatic heterocycles. The van der Waals surface area contributed by atoms with Crippen LogP contribution in [0, 0.1) is 0 Å². The molecule has 0 saturated heterocycles. The molecule has 0 aliphatic carbocycles. The Morgan fingerprint density at radius 3 is 2.94 bits per heavy atom. The number of hydrogen-bond acceptors (Lipinski definition) is 5. The molecular weight excluding hydrogens is 372 g/mol. The van der Waals surface area contributed by atoms with Gasteiger partial charge in [0.2, 0.25) is 5.91 Å². The van der Waals surface area contributed by atoms with Gasteiger partial charge < -0.3 is 11.1 Å². The van der Waals surface area contributed by atoms with E-state index in [9.17, 15) is 4.79 Å². The molecular formula is C9H12Br2N4OS. The highest BCUT2D eigenvalue weighted by molar-refractivity contribution is 9.11. The standard InChI is InChI=1S/C9H12Br2N4OS/c1-17-3-2-5(12)9(16)15-8-7(11)14-6(10)4-13-8/h4-5H,2-3,12H2,1H3,(H,13,15,16)/t5-/m0/s1. The molecule has 0 bridgehead atoms. The van der Waals surface area contributed by atoms with Crippen LogP contribution in [0.4, 0.5) is 5.82 Å². The Kier molecular flexibility index (Phi) is 6.39. The van der Waals surface area contributed by atoms with Crippen LogP contribution in [0.5, 0.6) is 0 Å². The first-order valence-corrected chi connectivity index (χ1v) is 7.76. The molecule has 0 aliphatic rings. The van der Waals surface area contributed by atoms with Crippen LogP contribution in [0.25, 0.3) is 0 Å². The second-order valence-corrected chi connectivity index (χ2v) is 5.76. The maximum absolute atomic E-state index is 11.7. The zero-order chi connectivity index (χ0) is 12.8. The molecule has 0 unspecified atom stereocenters. The monoisotopic (exact) mass is 382 g/mol. The van der Waals surface area contributed by atoms with Crippen molar-refractivity contribution in [3.8, 4) is 0 Å². The summed E-state index contributed by atoms with van der Waals surface area (Å²) >= 11 is 8.05. The highest BCUT2D eigenvalue weighted by Crippen LogP contribution is 2.19. The first kappa shape index (κ1) is 14.9. The van der Waals surface area contributed by atoms with Crippen LogP contribution < -0.4 is 11.1 Å². The number of nitrogens with zero attached hydrogens (tertiary/aromatic N) is 2. The summed E-state index contributed by atoms with van der Waals surface area (Å²) in [6.07, 6.45) is 4.11. The first-order valence-electron chi connectivity index (χ1n) is 4.78. The average molecular weight is 384 g/mol. The Balaban J connectivity index is 2.61. The predicted octanol–water partition coefficient (Wildman–Crippen LogP) is 2.02. The minimum Gasteiger partial charge on any atom is -0.320 e. The molecule has 1 atom stereocenters. The highest BCUT2D eigenvalue weighted by atomic mass is 79.9. The molecule has 0 aliphatic heterocycles. The Labute approximate surface area is 121 Å². The van der Waals surface area contributed by atoms with E-state index in [1.165, 1.54) is 6.20 Å². The highest BCUT2D eigenvalue weighted by Gasteiger charge is 2.15. The summed E-state index contributed by atoms with van der Waals surface area (Å²) in [5, 5.41) is 2.63. The zero-order valence-electron chi connectivity index (χ0n) is 9.11. The summed E-state index contributed by atoms with van der Waals surface area (Å²) in [4.78, 5) is 19.8. The number of carbonyl (C=O) groups is 1. The number of nitrogens with one attached hydrogen (secondary N) is 1. The topological polar surface area (TPSA) is 80.9 Å². The molecule has 1 heterocycles. The van der Waals surface area contributed by atoms with Gasteiger partial charge in [0.1, 0.15) is 9.21 Å². The zero-order valence-corrected chi connectivity index (χ0v) is 13.1. The molecule has 1 aromatic rings. The Morgan fingerprint density at radius 1 is 1.65 bits per heavy atom. The van der Waals surface area contributed by atoms with Crippen molar-refractivity contribution in [3.05, 3.63) is 15.4 Å². The first-order chi connectivity index (χ1) is 8.04. The number of hydrogen-bond donors (Lipinski definition) is 2. The lowest BCUT2D eigenvalue weighted by atomic mass is 10.2. The Hall–Kier alpha value is -0.180. The Morgan fingerprint density at radius 2 is 2.35 bits per heavy atom. The number of aromatic nitrogens is 2. The van der Waals surface area contributed by atoms with Crippen LogP contribution in [0.15, 0.2) is 15.4 Å². The minimum atomic E-state index is -0.528. The molecule has 8 heteroatoms. The summed E-state index contributed by atoms with van der Waals surface area (Å²) in [6, 6.07) is -0.528. The molecule has 5 nitrogen and oxygen atoms in total. The lowest BCUT2D eigenvalue weighted by Crippen LogP contribution is -2.36. The normalized spacial score (nSPS) is 12.2. The number of thioether (sulfide) groups is 1. The van der Waals surface area contributed by atoms with Gasteiger partial charge >= 0.3 is 0 Å². The van der Waals surface area contributed by atoms with E-state index >= 15 is 0 Å². The maximum atomic E-state index is 11.7. The number of carbonyl (C=O) groups excluding carboxylic acids is 1. The van der Waals surface area contributed by atoms with Crippen LogP contribution in [0.3, 0.4) is 0 Å². The van der Waals surface area contributed by atoms with Gasteiger partial charge in [-0.3, -0.25) is 4.79 Å². The second-order valence-electron chi connectivity index (χ2n) is 3.21. The van der Waals surface area contributed by atoms with Crippen molar-refractivity contribution in [3.63, 3.8) is 0 Å². The lowest BCUT2D eigenvalue weighted by molar-refractivity contribution is -0.117. The van der Waals surface area contributed by atoms with Gasteiger partial charge in [0, 0.05) is 0 Å². The van der Waals surface area contributed by atoms with Crippen LogP contribution in [0.1, 0.15) is 6.42 Å². The Bertz CT molecular complexity index is 405. The van der Waals surface area contributed by atoms with Crippen molar-refractivity contribution in [2.75, 3.05) is 17.3 Å². The van der Waals surface area contributed by atoms with Crippen molar-refractivity contribution < 1.29 is 4.79 Å². The van der Waals surface area contributed by atoms with Gasteiger partial charge in [-0.2, -0.15) is 11.8 Å². The predicted molar refractivity (Wildman–Crippen MR) is 77.0 cm³/mol. The van der Waals surface area contributed by atoms with Crippen molar-refractivity contribution in [2.45, 2.75) is 12.5 Å². The summed E-state index contributed by atoms with van der Waals surface area (Å²) in [7, 11) is 0. The summed E-state index contributed by atoms with van der Waals surface area (Å²) < 4.78 is 1.06. The minimum absolute atomic E-state index is 0.253. The summed E-state index contributed by atoms with van der Waals surface area (Å²) in [5.41, 5.74) is 5.73. The van der Waals surface area contributed by atoms with Gasteiger partial charge in [-0.15, -0.1) is 0 Å². The molecule has 0 spiro atoms. The van der Waals surface area contributed by atoms with Crippen molar-refractivity contribution in [1.29, 1.82) is 0 Å². The quantitative estimate of drug-likeness (QED) is 0.812. The fourth-order valence-electron chi connectivity index (χ4n) is 1.02. The molecule has 0 fully saturated rings. The molecule has 17 heavy (non-hydrogen) atoms. The average Bonchev–Trinajstić information content (AvgIpc) is 2.29. The fraction of sp³-hybridized carbons (Fsp3) is 0.444. The number of amides is 1. The fourth-order valence-corrected chi connectivity index (χ4v) is 2.42. The van der Waals surface area contributed by atoms with Crippen LogP contribution in [0.2, 0.25) is 0 Å². The van der Waals surface area contributed by atoms with Gasteiger partial charge in [0.25, 0.3) is 0 Å². The third-order valence-corrected chi connectivity index (χ3v) is 3.49. The maximum Gasteiger partial charge on any atom is 0.242 e. The summed E-state index contributed by atoms with van der Waals surface area (Å²) in [6.45, 7) is 0. The SMILES string of the molecule is CSCC[C@H](N)C(=O)Nc1ncc(Br)nc1Br. The molecule has 1 amide bonds. The molecule has 94 valence electrons. The number of halogens is 2. The third kappa shape index (κ3) is 4.90. The third-order valence-electron chi connectivity index (χ3n) is 1.91. The van der Waals surface area contributed by atoms with E-state index in [1.807, 2.05) is 6.26 Å². The van der Waals surface area contributed by atoms with E-state index in [-0.39, 0.29) is 5.91 Å². The van der Waals surface area contributed by atoms with E-state index in [2.05, 4.69) is 47.1 Å². The number of anilines is 1. The van der Waals surface area contributed by atoms with Gasteiger partial charge in [0.15, 0.2) is 5.82 Å². The lowest BCUT2D eigenvalue weighted by Gasteiger charge is -2.11. The van der Waals surface area contributed by atoms with Crippen LogP contribution >= 0.6 is 43.6 Å². The van der Waals surface area contributed by atoms with E-state index in [0.29, 0.717) is 21.4 Å². The van der Waals surface area contributed by atoms with E-state index in [1.54, 1.807) is 11.8 Å². The van der Waals surface area contributed by atoms with Crippen molar-refractivity contribution in [1.82, 2.24) is 9.97 Å². The van der Waals surface area contributed by atoms with Gasteiger partial charge in [-0.25, -0.2) is 9.97 Å². The second kappa shape index (κ2) is 7.30. The molecule has 1 rings (SSSR count). The summed E-state index contributed by atoms with van der Waals surface area (Å²) in [5.74, 6) is 0.969. The van der Waals surface area contributed by atoms with E-state index in [0.717, 1.165) is 5.75 Å². The van der Waals surface area contributed by atoms with Crippen LogP contribution in [-0.2, 0) is 4.79 Å². The van der Waals surface area contributed by atoms with Crippen LogP contribution in [-0.4, -0.2) is 33.9 Å². The molecule has 0 aromatic carbocycles. The van der Waals surface area contributed by atoms with Crippen molar-refractivity contribution >= 4 is 55.3 Å². The number of nitrogens with two attached hydrogens (primary N) is 1. The van der Waals surface area contributed by atoms with Crippen molar-refractivity contribution in [2.24, 2.45) is 5.73 Å². The number of rotatable bonds is 5.